The maximum atomic E-state index is 4.91. The number of hydrogen-bond donors (Lipinski definition) is 0. The minimum absolute atomic E-state index is 0.364. The number of hydrogen-bond acceptors (Lipinski definition) is 2. The summed E-state index contributed by atoms with van der Waals surface area (Å²) in [6, 6.07) is 0. The van der Waals surface area contributed by atoms with Crippen LogP contribution < -0.4 is 0 Å². The molecule has 0 amide bonds. The van der Waals surface area contributed by atoms with E-state index in [2.05, 4.69) is 6.58 Å². The molecule has 2 nitrogen and oxygen atoms in total. The molecule has 0 aromatic rings. The van der Waals surface area contributed by atoms with Crippen LogP contribution in [0.4, 0.5) is 0 Å². The van der Waals surface area contributed by atoms with Crippen LogP contribution in [0, 0.1) is 0 Å². The number of ether oxygens (including phenoxy) is 1. The largest absolute Gasteiger partial charge is 0.390 e. The Labute approximate surface area is 52.4 Å². The van der Waals surface area contributed by atoms with Crippen molar-refractivity contribution in [2.45, 2.75) is 6.92 Å². The van der Waals surface area contributed by atoms with Crippen LogP contribution >= 0.6 is 0 Å². The molecule has 3 heteroatoms. The Morgan fingerprint density at radius 1 is 1.75 bits per heavy atom. The fraction of sp³-hybridized carbons (Fsp3) is 0.600. The van der Waals surface area contributed by atoms with Crippen LogP contribution in [0.25, 0.3) is 0 Å². The predicted molar refractivity (Wildman–Crippen MR) is 33.5 cm³/mol. The molecule has 0 aliphatic rings. The second kappa shape index (κ2) is 6.88. The van der Waals surface area contributed by atoms with E-state index in [1.165, 1.54) is 0 Å². The van der Waals surface area contributed by atoms with Gasteiger partial charge in [0.15, 0.2) is 0 Å². The molecular formula is C5H10O2Si. The highest BCUT2D eigenvalue weighted by atomic mass is 28.2. The minimum atomic E-state index is 0.364. The SMILES string of the molecule is C=C[Si]OCOCC. The zero-order valence-electron chi connectivity index (χ0n) is 5.02. The highest BCUT2D eigenvalue weighted by molar-refractivity contribution is 6.33. The van der Waals surface area contributed by atoms with Crippen LogP contribution in [-0.2, 0) is 9.16 Å². The van der Waals surface area contributed by atoms with E-state index in [4.69, 9.17) is 9.16 Å². The summed E-state index contributed by atoms with van der Waals surface area (Å²) in [5.74, 6) is 0. The Kier molecular flexibility index (Phi) is 6.77. The quantitative estimate of drug-likeness (QED) is 0.311. The summed E-state index contributed by atoms with van der Waals surface area (Å²) in [6.45, 7) is 6.52. The van der Waals surface area contributed by atoms with Gasteiger partial charge in [-0.1, -0.05) is 5.70 Å². The van der Waals surface area contributed by atoms with Gasteiger partial charge in [0.1, 0.15) is 6.79 Å². The molecule has 2 radical (unpaired) electrons. The maximum absolute atomic E-state index is 4.91. The van der Waals surface area contributed by atoms with Gasteiger partial charge in [0.05, 0.1) is 0 Å². The van der Waals surface area contributed by atoms with Crippen molar-refractivity contribution in [2.24, 2.45) is 0 Å². The van der Waals surface area contributed by atoms with Crippen LogP contribution in [-0.4, -0.2) is 23.2 Å². The third-order valence-electron chi connectivity index (χ3n) is 0.513. The monoisotopic (exact) mass is 130 g/mol. The molecule has 0 spiro atoms. The summed E-state index contributed by atoms with van der Waals surface area (Å²) < 4.78 is 9.78. The van der Waals surface area contributed by atoms with Crippen molar-refractivity contribution >= 4 is 9.76 Å². The third-order valence-corrected chi connectivity index (χ3v) is 0.964. The minimum Gasteiger partial charge on any atom is -0.390 e. The lowest BCUT2D eigenvalue weighted by molar-refractivity contribution is 0.0255. The fourth-order valence-electron chi connectivity index (χ4n) is 0.218. The van der Waals surface area contributed by atoms with Gasteiger partial charge in [0.25, 0.3) is 9.76 Å². The van der Waals surface area contributed by atoms with Crippen molar-refractivity contribution in [3.05, 3.63) is 12.3 Å². The van der Waals surface area contributed by atoms with Gasteiger partial charge in [-0.05, 0) is 6.92 Å². The smallest absolute Gasteiger partial charge is 0.263 e. The molecule has 0 fully saturated rings. The van der Waals surface area contributed by atoms with Crippen LogP contribution in [0.3, 0.4) is 0 Å². The van der Waals surface area contributed by atoms with Gasteiger partial charge in [-0.2, -0.15) is 0 Å². The molecule has 0 aliphatic heterocycles. The summed E-state index contributed by atoms with van der Waals surface area (Å²) in [4.78, 5) is 0. The molecule has 0 rings (SSSR count). The standard InChI is InChI=1S/C5H10O2Si/c1-3-6-5-7-8-4-2/h4H,2-3,5H2,1H3. The molecule has 0 aromatic heterocycles. The zero-order chi connectivity index (χ0) is 6.24. The predicted octanol–water partition coefficient (Wildman–Crippen LogP) is 0.760. The summed E-state index contributed by atoms with van der Waals surface area (Å²) in [5.41, 5.74) is 1.72. The maximum Gasteiger partial charge on any atom is 0.263 e. The first-order valence-corrected chi connectivity index (χ1v) is 3.46. The van der Waals surface area contributed by atoms with Crippen molar-refractivity contribution in [1.29, 1.82) is 0 Å². The van der Waals surface area contributed by atoms with Crippen LogP contribution in [0.15, 0.2) is 12.3 Å². The van der Waals surface area contributed by atoms with Crippen molar-refractivity contribution < 1.29 is 9.16 Å². The Bertz CT molecular complexity index is 56.4. The zero-order valence-corrected chi connectivity index (χ0v) is 6.02. The molecular weight excluding hydrogens is 120 g/mol. The molecule has 0 saturated carbocycles. The topological polar surface area (TPSA) is 18.5 Å². The lowest BCUT2D eigenvalue weighted by Crippen LogP contribution is -2.01. The summed E-state index contributed by atoms with van der Waals surface area (Å²) in [6.07, 6.45) is 0. The van der Waals surface area contributed by atoms with E-state index in [0.717, 1.165) is 0 Å². The Morgan fingerprint density at radius 3 is 3.00 bits per heavy atom. The highest BCUT2D eigenvalue weighted by Gasteiger charge is 1.80. The van der Waals surface area contributed by atoms with Crippen LogP contribution in [0.1, 0.15) is 6.92 Å². The van der Waals surface area contributed by atoms with Gasteiger partial charge in [0, 0.05) is 6.61 Å². The normalized spacial score (nSPS) is 9.12. The van der Waals surface area contributed by atoms with Crippen LogP contribution in [0.2, 0.25) is 0 Å². The van der Waals surface area contributed by atoms with Crippen molar-refractivity contribution in [3.8, 4) is 0 Å². The molecule has 0 unspecified atom stereocenters. The lowest BCUT2D eigenvalue weighted by Gasteiger charge is -1.97. The molecule has 0 atom stereocenters. The number of rotatable bonds is 5. The van der Waals surface area contributed by atoms with Gasteiger partial charge in [-0.3, -0.25) is 0 Å². The van der Waals surface area contributed by atoms with E-state index in [1.54, 1.807) is 5.70 Å². The fourth-order valence-corrected chi connectivity index (χ4v) is 0.487. The van der Waals surface area contributed by atoms with Crippen molar-refractivity contribution in [1.82, 2.24) is 0 Å². The molecule has 0 aromatic carbocycles. The summed E-state index contributed by atoms with van der Waals surface area (Å²) in [5, 5.41) is 0. The lowest BCUT2D eigenvalue weighted by atomic mass is 10.9. The van der Waals surface area contributed by atoms with E-state index in [1.807, 2.05) is 6.92 Å². The molecule has 46 valence electrons. The van der Waals surface area contributed by atoms with E-state index in [9.17, 15) is 0 Å². The van der Waals surface area contributed by atoms with E-state index in [-0.39, 0.29) is 0 Å². The second-order valence-electron chi connectivity index (χ2n) is 1.08. The Hall–Kier alpha value is -0.123. The van der Waals surface area contributed by atoms with Gasteiger partial charge in [-0.25, -0.2) is 0 Å². The summed E-state index contributed by atoms with van der Waals surface area (Å²) in [7, 11) is 0.364. The first-order chi connectivity index (χ1) is 3.91. The van der Waals surface area contributed by atoms with Crippen molar-refractivity contribution in [2.75, 3.05) is 13.4 Å². The molecule has 0 bridgehead atoms. The third kappa shape index (κ3) is 5.88. The second-order valence-corrected chi connectivity index (χ2v) is 2.01. The van der Waals surface area contributed by atoms with E-state index in [0.29, 0.717) is 23.2 Å². The van der Waals surface area contributed by atoms with Gasteiger partial charge < -0.3 is 9.16 Å². The molecule has 0 N–H and O–H groups in total. The van der Waals surface area contributed by atoms with Gasteiger partial charge in [0.2, 0.25) is 0 Å². The first-order valence-electron chi connectivity index (χ1n) is 2.47. The van der Waals surface area contributed by atoms with Gasteiger partial charge in [-0.15, -0.1) is 6.58 Å². The van der Waals surface area contributed by atoms with Crippen molar-refractivity contribution in [3.63, 3.8) is 0 Å². The molecule has 0 saturated heterocycles. The average molecular weight is 130 g/mol. The Morgan fingerprint density at radius 2 is 2.50 bits per heavy atom. The first kappa shape index (κ1) is 7.88. The summed E-state index contributed by atoms with van der Waals surface area (Å²) >= 11 is 0. The van der Waals surface area contributed by atoms with E-state index >= 15 is 0 Å². The molecule has 0 aliphatic carbocycles. The Balaban J connectivity index is 2.62. The average Bonchev–Trinajstić information content (AvgIpc) is 1.81. The highest BCUT2D eigenvalue weighted by Crippen LogP contribution is 1.73. The van der Waals surface area contributed by atoms with E-state index < -0.39 is 0 Å². The molecule has 0 heterocycles. The molecule has 8 heavy (non-hydrogen) atoms. The van der Waals surface area contributed by atoms with Gasteiger partial charge >= 0.3 is 0 Å². The van der Waals surface area contributed by atoms with Crippen LogP contribution in [0.5, 0.6) is 0 Å².